The number of hydrogen-bond donors (Lipinski definition) is 0. The van der Waals surface area contributed by atoms with Gasteiger partial charge in [0.1, 0.15) is 12.7 Å². The van der Waals surface area contributed by atoms with Gasteiger partial charge in [0.15, 0.2) is 0 Å². The quantitative estimate of drug-likeness (QED) is 0.794. The van der Waals surface area contributed by atoms with E-state index in [9.17, 15) is 4.79 Å². The molecular formula is C16H19ClN4OS. The molecule has 0 N–H and O–H groups in total. The number of nitrogens with zero attached hydrogens (tertiary/aromatic N) is 4. The Bertz CT molecular complexity index is 656. The second-order valence-corrected chi connectivity index (χ2v) is 7.41. The molecule has 7 heteroatoms. The number of rotatable bonds is 4. The molecule has 2 heterocycles. The van der Waals surface area contributed by atoms with Gasteiger partial charge in [0.05, 0.1) is 16.3 Å². The van der Waals surface area contributed by atoms with Gasteiger partial charge in [0.25, 0.3) is 0 Å². The molecule has 1 aliphatic heterocycles. The van der Waals surface area contributed by atoms with E-state index in [1.165, 1.54) is 11.8 Å². The first-order valence-electron chi connectivity index (χ1n) is 7.69. The minimum absolute atomic E-state index is 0.141. The van der Waals surface area contributed by atoms with Crippen LogP contribution in [0, 0.1) is 0 Å². The van der Waals surface area contributed by atoms with Crippen molar-refractivity contribution in [3.63, 3.8) is 0 Å². The van der Waals surface area contributed by atoms with Gasteiger partial charge in [-0.1, -0.05) is 23.7 Å². The van der Waals surface area contributed by atoms with Crippen LogP contribution in [0.3, 0.4) is 0 Å². The number of benzene rings is 1. The van der Waals surface area contributed by atoms with Gasteiger partial charge in [-0.2, -0.15) is 5.10 Å². The molecule has 2 aromatic rings. The first-order valence-corrected chi connectivity index (χ1v) is 8.95. The summed E-state index contributed by atoms with van der Waals surface area (Å²) in [6.07, 6.45) is 5.13. The molecule has 0 bridgehead atoms. The van der Waals surface area contributed by atoms with E-state index in [1.807, 2.05) is 40.8 Å². The highest BCUT2D eigenvalue weighted by atomic mass is 35.5. The highest BCUT2D eigenvalue weighted by Gasteiger charge is 2.27. The second-order valence-electron chi connectivity index (χ2n) is 5.62. The normalized spacial score (nSPS) is 17.2. The maximum absolute atomic E-state index is 12.6. The van der Waals surface area contributed by atoms with Crippen LogP contribution < -0.4 is 0 Å². The monoisotopic (exact) mass is 350 g/mol. The molecule has 0 saturated carbocycles. The zero-order chi connectivity index (χ0) is 16.2. The highest BCUT2D eigenvalue weighted by molar-refractivity contribution is 8.00. The highest BCUT2D eigenvalue weighted by Crippen LogP contribution is 2.31. The van der Waals surface area contributed by atoms with Crippen molar-refractivity contribution in [2.45, 2.75) is 36.0 Å². The number of likely N-dealkylation sites (tertiary alicyclic amines) is 1. The Kier molecular flexibility index (Phi) is 5.23. The third-order valence-corrected chi connectivity index (χ3v) is 5.68. The molecule has 1 unspecified atom stereocenters. The minimum Gasteiger partial charge on any atom is -0.342 e. The SMILES string of the molecule is CC(Sc1ccccc1Cl)C(=O)N1CCC(n2cncn2)CC1. The van der Waals surface area contributed by atoms with Crippen molar-refractivity contribution in [2.24, 2.45) is 0 Å². The van der Waals surface area contributed by atoms with Crippen molar-refractivity contribution >= 4 is 29.3 Å². The number of carbonyl (C=O) groups excluding carboxylic acids is 1. The van der Waals surface area contributed by atoms with E-state index in [0.29, 0.717) is 11.1 Å². The first kappa shape index (κ1) is 16.3. The second kappa shape index (κ2) is 7.36. The summed E-state index contributed by atoms with van der Waals surface area (Å²) in [4.78, 5) is 19.5. The third-order valence-electron chi connectivity index (χ3n) is 4.08. The molecule has 0 radical (unpaired) electrons. The van der Waals surface area contributed by atoms with Gasteiger partial charge in [-0.15, -0.1) is 11.8 Å². The van der Waals surface area contributed by atoms with Crippen molar-refractivity contribution < 1.29 is 4.79 Å². The fourth-order valence-corrected chi connectivity index (χ4v) is 4.03. The largest absolute Gasteiger partial charge is 0.342 e. The predicted molar refractivity (Wildman–Crippen MR) is 91.6 cm³/mol. The van der Waals surface area contributed by atoms with Gasteiger partial charge < -0.3 is 4.90 Å². The molecule has 1 aromatic carbocycles. The van der Waals surface area contributed by atoms with Gasteiger partial charge in [-0.25, -0.2) is 9.67 Å². The van der Waals surface area contributed by atoms with Crippen LogP contribution in [0.15, 0.2) is 41.8 Å². The van der Waals surface area contributed by atoms with Crippen LogP contribution in [0.1, 0.15) is 25.8 Å². The molecule has 0 aliphatic carbocycles. The summed E-state index contributed by atoms with van der Waals surface area (Å²) in [6, 6.07) is 7.98. The maximum Gasteiger partial charge on any atom is 0.235 e. The van der Waals surface area contributed by atoms with Gasteiger partial charge >= 0.3 is 0 Å². The van der Waals surface area contributed by atoms with E-state index in [4.69, 9.17) is 11.6 Å². The van der Waals surface area contributed by atoms with Gasteiger partial charge in [0.2, 0.25) is 5.91 Å². The summed E-state index contributed by atoms with van der Waals surface area (Å²) >= 11 is 7.69. The lowest BCUT2D eigenvalue weighted by Crippen LogP contribution is -2.42. The molecule has 5 nitrogen and oxygen atoms in total. The van der Waals surface area contributed by atoms with E-state index in [0.717, 1.165) is 30.8 Å². The van der Waals surface area contributed by atoms with Crippen molar-refractivity contribution in [3.8, 4) is 0 Å². The molecule has 1 fully saturated rings. The van der Waals surface area contributed by atoms with Crippen LogP contribution in [0.2, 0.25) is 5.02 Å². The Balaban J connectivity index is 1.55. The average molecular weight is 351 g/mol. The molecule has 1 atom stereocenters. The van der Waals surface area contributed by atoms with Crippen LogP contribution in [-0.2, 0) is 4.79 Å². The van der Waals surface area contributed by atoms with E-state index >= 15 is 0 Å². The number of aromatic nitrogens is 3. The Hall–Kier alpha value is -1.53. The zero-order valence-corrected chi connectivity index (χ0v) is 14.5. The lowest BCUT2D eigenvalue weighted by Gasteiger charge is -2.33. The van der Waals surface area contributed by atoms with Crippen LogP contribution in [0.4, 0.5) is 0 Å². The maximum atomic E-state index is 12.6. The van der Waals surface area contributed by atoms with Crippen molar-refractivity contribution in [1.29, 1.82) is 0 Å². The predicted octanol–water partition coefficient (Wildman–Crippen LogP) is 3.28. The number of halogens is 1. The smallest absolute Gasteiger partial charge is 0.235 e. The average Bonchev–Trinajstić information content (AvgIpc) is 3.11. The fraction of sp³-hybridized carbons (Fsp3) is 0.438. The zero-order valence-electron chi connectivity index (χ0n) is 12.9. The number of piperidine rings is 1. The van der Waals surface area contributed by atoms with Gasteiger partial charge in [-0.05, 0) is 31.9 Å². The Morgan fingerprint density at radius 1 is 1.35 bits per heavy atom. The number of amides is 1. The minimum atomic E-state index is -0.141. The summed E-state index contributed by atoms with van der Waals surface area (Å²) in [5.74, 6) is 0.173. The van der Waals surface area contributed by atoms with Gasteiger partial charge in [-0.3, -0.25) is 4.79 Å². The number of hydrogen-bond acceptors (Lipinski definition) is 4. The number of carbonyl (C=O) groups is 1. The van der Waals surface area contributed by atoms with E-state index in [-0.39, 0.29) is 11.2 Å². The van der Waals surface area contributed by atoms with Crippen LogP contribution in [0.25, 0.3) is 0 Å². The topological polar surface area (TPSA) is 51.0 Å². The molecule has 1 aliphatic rings. The Morgan fingerprint density at radius 2 is 2.09 bits per heavy atom. The van der Waals surface area contributed by atoms with Gasteiger partial charge in [0, 0.05) is 18.0 Å². The van der Waals surface area contributed by atoms with Crippen molar-refractivity contribution in [3.05, 3.63) is 41.9 Å². The summed E-state index contributed by atoms with van der Waals surface area (Å²) < 4.78 is 1.89. The summed E-state index contributed by atoms with van der Waals surface area (Å²) in [5.41, 5.74) is 0. The molecule has 3 rings (SSSR count). The van der Waals surface area contributed by atoms with E-state index in [1.54, 1.807) is 12.7 Å². The summed E-state index contributed by atoms with van der Waals surface area (Å²) in [7, 11) is 0. The van der Waals surface area contributed by atoms with E-state index in [2.05, 4.69) is 10.1 Å². The molecule has 1 amide bonds. The molecular weight excluding hydrogens is 332 g/mol. The fourth-order valence-electron chi connectivity index (χ4n) is 2.80. The summed E-state index contributed by atoms with van der Waals surface area (Å²) in [6.45, 7) is 3.47. The third kappa shape index (κ3) is 3.87. The standard InChI is InChI=1S/C16H19ClN4OS/c1-12(23-15-5-3-2-4-14(15)17)16(22)20-8-6-13(7-9-20)21-11-18-10-19-21/h2-5,10-13H,6-9H2,1H3. The lowest BCUT2D eigenvalue weighted by molar-refractivity contribution is -0.131. The lowest BCUT2D eigenvalue weighted by atomic mass is 10.1. The Morgan fingerprint density at radius 3 is 2.74 bits per heavy atom. The van der Waals surface area contributed by atoms with Crippen LogP contribution >= 0.6 is 23.4 Å². The molecule has 1 saturated heterocycles. The van der Waals surface area contributed by atoms with Crippen LogP contribution in [0.5, 0.6) is 0 Å². The van der Waals surface area contributed by atoms with Crippen LogP contribution in [-0.4, -0.2) is 43.9 Å². The van der Waals surface area contributed by atoms with Crippen molar-refractivity contribution in [2.75, 3.05) is 13.1 Å². The molecule has 0 spiro atoms. The molecule has 122 valence electrons. The summed E-state index contributed by atoms with van der Waals surface area (Å²) in [5, 5.41) is 4.75. The number of thioether (sulfide) groups is 1. The first-order chi connectivity index (χ1) is 11.1. The molecule has 1 aromatic heterocycles. The van der Waals surface area contributed by atoms with E-state index < -0.39 is 0 Å². The van der Waals surface area contributed by atoms with Crippen molar-refractivity contribution in [1.82, 2.24) is 19.7 Å². The Labute approximate surface area is 145 Å². The molecule has 23 heavy (non-hydrogen) atoms.